The largest absolute Gasteiger partial charge is 0.480 e. The number of aliphatic hydroxyl groups excluding tert-OH is 1. The molecule has 0 saturated heterocycles. The Bertz CT molecular complexity index is 464. The molecule has 1 rings (SSSR count). The van der Waals surface area contributed by atoms with E-state index in [0.717, 1.165) is 10.0 Å². The fraction of sp³-hybridized carbons (Fsp3) is 0.273. The highest BCUT2D eigenvalue weighted by atomic mass is 79.9. The van der Waals surface area contributed by atoms with Crippen LogP contribution < -0.4 is 10.6 Å². The Balaban J connectivity index is 2.67. The van der Waals surface area contributed by atoms with Crippen molar-refractivity contribution in [2.75, 3.05) is 11.9 Å². The minimum absolute atomic E-state index is 0.567. The van der Waals surface area contributed by atoms with Crippen molar-refractivity contribution in [2.24, 2.45) is 0 Å². The highest BCUT2D eigenvalue weighted by molar-refractivity contribution is 9.10. The second-order valence-electron chi connectivity index (χ2n) is 3.63. The maximum absolute atomic E-state index is 11.5. The minimum atomic E-state index is -1.32. The average Bonchev–Trinajstić information content (AvgIpc) is 2.29. The molecule has 0 radical (unpaired) electrons. The van der Waals surface area contributed by atoms with E-state index in [2.05, 4.69) is 26.6 Å². The van der Waals surface area contributed by atoms with Gasteiger partial charge in [0.15, 0.2) is 6.04 Å². The van der Waals surface area contributed by atoms with Gasteiger partial charge in [-0.25, -0.2) is 9.59 Å². The van der Waals surface area contributed by atoms with Crippen LogP contribution in [0, 0.1) is 6.92 Å². The normalized spacial score (nSPS) is 11.7. The number of hydrogen-bond acceptors (Lipinski definition) is 3. The van der Waals surface area contributed by atoms with Gasteiger partial charge in [0.1, 0.15) is 0 Å². The second kappa shape index (κ2) is 6.36. The fourth-order valence-corrected chi connectivity index (χ4v) is 1.74. The van der Waals surface area contributed by atoms with Gasteiger partial charge in [-0.3, -0.25) is 0 Å². The van der Waals surface area contributed by atoms with E-state index in [4.69, 9.17) is 10.2 Å². The van der Waals surface area contributed by atoms with Gasteiger partial charge < -0.3 is 20.8 Å². The zero-order valence-electron chi connectivity index (χ0n) is 9.61. The lowest BCUT2D eigenvalue weighted by atomic mass is 10.2. The monoisotopic (exact) mass is 316 g/mol. The summed E-state index contributed by atoms with van der Waals surface area (Å²) in [5, 5.41) is 22.1. The van der Waals surface area contributed by atoms with Gasteiger partial charge >= 0.3 is 12.0 Å². The smallest absolute Gasteiger partial charge is 0.328 e. The molecule has 1 aromatic rings. The van der Waals surface area contributed by atoms with E-state index >= 15 is 0 Å². The average molecular weight is 317 g/mol. The third kappa shape index (κ3) is 4.01. The topological polar surface area (TPSA) is 98.7 Å². The van der Waals surface area contributed by atoms with Crippen LogP contribution in [0.5, 0.6) is 0 Å². The minimum Gasteiger partial charge on any atom is -0.480 e. The Morgan fingerprint density at radius 2 is 2.11 bits per heavy atom. The van der Waals surface area contributed by atoms with Crippen LogP contribution in [0.25, 0.3) is 0 Å². The summed E-state index contributed by atoms with van der Waals surface area (Å²) in [5.74, 6) is -1.29. The van der Waals surface area contributed by atoms with E-state index in [-0.39, 0.29) is 0 Å². The number of carbonyl (C=O) groups excluding carboxylic acids is 1. The number of aryl methyl sites for hydroxylation is 1. The van der Waals surface area contributed by atoms with E-state index in [0.29, 0.717) is 5.69 Å². The molecule has 98 valence electrons. The summed E-state index contributed by atoms with van der Waals surface area (Å²) in [5.41, 5.74) is 1.40. The molecule has 2 amide bonds. The molecule has 0 aliphatic carbocycles. The molecular weight excluding hydrogens is 304 g/mol. The Labute approximate surface area is 112 Å². The lowest BCUT2D eigenvalue weighted by Gasteiger charge is -2.13. The van der Waals surface area contributed by atoms with Gasteiger partial charge in [0, 0.05) is 10.2 Å². The van der Waals surface area contributed by atoms with Gasteiger partial charge in [-0.15, -0.1) is 0 Å². The number of urea groups is 1. The van der Waals surface area contributed by atoms with Crippen molar-refractivity contribution >= 4 is 33.6 Å². The van der Waals surface area contributed by atoms with Gasteiger partial charge in [-0.05, 0) is 30.7 Å². The molecule has 0 aliphatic rings. The molecular formula is C11H13BrN2O4. The Kier molecular flexibility index (Phi) is 5.11. The molecule has 4 N–H and O–H groups in total. The number of hydrogen-bond donors (Lipinski definition) is 4. The lowest BCUT2D eigenvalue weighted by Crippen LogP contribution is -2.45. The number of aliphatic carboxylic acids is 1. The van der Waals surface area contributed by atoms with Crippen LogP contribution in [0.4, 0.5) is 10.5 Å². The third-order valence-corrected chi connectivity index (χ3v) is 2.72. The van der Waals surface area contributed by atoms with Crippen molar-refractivity contribution in [1.82, 2.24) is 5.32 Å². The van der Waals surface area contributed by atoms with Crippen LogP contribution in [0.2, 0.25) is 0 Å². The number of anilines is 1. The molecule has 0 bridgehead atoms. The molecule has 7 heteroatoms. The zero-order valence-corrected chi connectivity index (χ0v) is 11.2. The maximum atomic E-state index is 11.5. The number of carboxylic acids is 1. The third-order valence-electron chi connectivity index (χ3n) is 2.22. The summed E-state index contributed by atoms with van der Waals surface area (Å²) in [7, 11) is 0. The van der Waals surface area contributed by atoms with Crippen molar-refractivity contribution in [1.29, 1.82) is 0 Å². The molecule has 0 spiro atoms. The maximum Gasteiger partial charge on any atom is 0.328 e. The van der Waals surface area contributed by atoms with Crippen LogP contribution in [0.3, 0.4) is 0 Å². The number of amides is 2. The molecule has 0 unspecified atom stereocenters. The van der Waals surface area contributed by atoms with Crippen LogP contribution in [-0.2, 0) is 4.79 Å². The molecule has 1 aromatic carbocycles. The molecule has 0 aromatic heterocycles. The van der Waals surface area contributed by atoms with Gasteiger partial charge in [0.25, 0.3) is 0 Å². The number of carboxylic acid groups (broad SMARTS) is 1. The van der Waals surface area contributed by atoms with E-state index in [1.54, 1.807) is 19.1 Å². The molecule has 6 nitrogen and oxygen atoms in total. The van der Waals surface area contributed by atoms with Gasteiger partial charge in [-0.2, -0.15) is 0 Å². The number of aliphatic hydroxyl groups is 1. The molecule has 0 fully saturated rings. The summed E-state index contributed by atoms with van der Waals surface area (Å²) in [6.07, 6.45) is 0. The first kappa shape index (κ1) is 14.5. The number of carbonyl (C=O) groups is 2. The van der Waals surface area contributed by atoms with Crippen LogP contribution in [0.15, 0.2) is 22.7 Å². The van der Waals surface area contributed by atoms with Crippen molar-refractivity contribution < 1.29 is 19.8 Å². The Hall–Kier alpha value is -1.60. The molecule has 0 saturated carbocycles. The molecule has 1 atom stereocenters. The van der Waals surface area contributed by atoms with Gasteiger partial charge in [0.2, 0.25) is 0 Å². The molecule has 0 aliphatic heterocycles. The summed E-state index contributed by atoms with van der Waals surface area (Å²) in [6.45, 7) is 1.14. The number of benzene rings is 1. The van der Waals surface area contributed by atoms with E-state index in [9.17, 15) is 9.59 Å². The van der Waals surface area contributed by atoms with E-state index < -0.39 is 24.6 Å². The summed E-state index contributed by atoms with van der Waals surface area (Å²) in [4.78, 5) is 22.1. The van der Waals surface area contributed by atoms with Crippen molar-refractivity contribution in [3.05, 3.63) is 28.2 Å². The fourth-order valence-electron chi connectivity index (χ4n) is 1.27. The summed E-state index contributed by atoms with van der Waals surface area (Å²) >= 11 is 3.29. The van der Waals surface area contributed by atoms with E-state index in [1.807, 2.05) is 6.07 Å². The van der Waals surface area contributed by atoms with Crippen molar-refractivity contribution in [2.45, 2.75) is 13.0 Å². The quantitative estimate of drug-likeness (QED) is 0.673. The highest BCUT2D eigenvalue weighted by Gasteiger charge is 2.18. The van der Waals surface area contributed by atoms with Crippen LogP contribution >= 0.6 is 15.9 Å². The second-order valence-corrected chi connectivity index (χ2v) is 4.55. The number of rotatable bonds is 4. The SMILES string of the molecule is Cc1cc(Br)ccc1NC(=O)N[C@@H](CO)C(=O)O. The highest BCUT2D eigenvalue weighted by Crippen LogP contribution is 2.19. The van der Waals surface area contributed by atoms with Crippen LogP contribution in [-0.4, -0.2) is 34.9 Å². The van der Waals surface area contributed by atoms with Crippen molar-refractivity contribution in [3.8, 4) is 0 Å². The zero-order chi connectivity index (χ0) is 13.7. The Morgan fingerprint density at radius 3 is 2.61 bits per heavy atom. The van der Waals surface area contributed by atoms with Gasteiger partial charge in [0.05, 0.1) is 6.61 Å². The first-order chi connectivity index (χ1) is 8.43. The first-order valence-corrected chi connectivity index (χ1v) is 5.90. The van der Waals surface area contributed by atoms with Crippen molar-refractivity contribution in [3.63, 3.8) is 0 Å². The first-order valence-electron chi connectivity index (χ1n) is 5.11. The lowest BCUT2D eigenvalue weighted by molar-refractivity contribution is -0.140. The predicted molar refractivity (Wildman–Crippen MR) is 69.5 cm³/mol. The summed E-state index contributed by atoms with van der Waals surface area (Å²) in [6, 6.07) is 3.26. The number of nitrogens with one attached hydrogen (secondary N) is 2. The van der Waals surface area contributed by atoms with E-state index in [1.165, 1.54) is 0 Å². The summed E-state index contributed by atoms with van der Waals surface area (Å²) < 4.78 is 0.879. The number of halogens is 1. The van der Waals surface area contributed by atoms with Gasteiger partial charge in [-0.1, -0.05) is 15.9 Å². The molecule has 18 heavy (non-hydrogen) atoms. The van der Waals surface area contributed by atoms with Crippen LogP contribution in [0.1, 0.15) is 5.56 Å². The standard InChI is InChI=1S/C11H13BrN2O4/c1-6-4-7(12)2-3-8(6)13-11(18)14-9(5-15)10(16)17/h2-4,9,15H,5H2,1H3,(H,16,17)(H2,13,14,18)/t9-/m0/s1. The Morgan fingerprint density at radius 1 is 1.44 bits per heavy atom. The predicted octanol–water partition coefficient (Wildman–Crippen LogP) is 1.32. The molecule has 0 heterocycles.